The minimum absolute atomic E-state index is 0.547. The van der Waals surface area contributed by atoms with Crippen LogP contribution < -0.4 is 4.90 Å². The van der Waals surface area contributed by atoms with Crippen LogP contribution in [0.15, 0.2) is 54.6 Å². The highest BCUT2D eigenvalue weighted by atomic mass is 35.5. The van der Waals surface area contributed by atoms with Gasteiger partial charge >= 0.3 is 0 Å². The Hall–Kier alpha value is -2.87. The lowest BCUT2D eigenvalue weighted by molar-refractivity contribution is 0.122. The van der Waals surface area contributed by atoms with Crippen LogP contribution in [0.2, 0.25) is 5.02 Å². The van der Waals surface area contributed by atoms with Crippen molar-refractivity contribution < 1.29 is 4.74 Å². The van der Waals surface area contributed by atoms with E-state index in [1.165, 1.54) is 5.56 Å². The Morgan fingerprint density at radius 1 is 1.04 bits per heavy atom. The van der Waals surface area contributed by atoms with Crippen LogP contribution in [0.25, 0.3) is 22.4 Å². The smallest absolute Gasteiger partial charge is 0.148 e. The van der Waals surface area contributed by atoms with Gasteiger partial charge in [-0.25, -0.2) is 4.98 Å². The van der Waals surface area contributed by atoms with Crippen LogP contribution in [0.5, 0.6) is 0 Å². The normalized spacial score (nSPS) is 14.0. The molecule has 0 amide bonds. The fraction of sp³-hybridized carbons (Fsp3) is 0.217. The Morgan fingerprint density at radius 3 is 2.43 bits per heavy atom. The lowest BCUT2D eigenvalue weighted by atomic mass is 9.97. The second-order valence-corrected chi connectivity index (χ2v) is 7.22. The molecule has 3 aromatic rings. The van der Waals surface area contributed by atoms with Gasteiger partial charge in [-0.15, -0.1) is 0 Å². The Morgan fingerprint density at radius 2 is 1.75 bits per heavy atom. The molecule has 0 spiro atoms. The molecule has 1 saturated heterocycles. The number of hydrogen-bond acceptors (Lipinski definition) is 4. The standard InChI is InChI=1S/C23H20ClN3O/c1-16-6-8-17(9-7-16)22-14-19(18-4-2-3-5-21(18)24)20(15-25)23(26-22)27-10-12-28-13-11-27/h2-9,14H,10-13H2,1H3. The quantitative estimate of drug-likeness (QED) is 0.626. The molecule has 1 aromatic heterocycles. The number of benzene rings is 2. The summed E-state index contributed by atoms with van der Waals surface area (Å²) in [6.45, 7) is 4.73. The third-order valence-corrected chi connectivity index (χ3v) is 5.26. The lowest BCUT2D eigenvalue weighted by Gasteiger charge is -2.29. The van der Waals surface area contributed by atoms with Gasteiger partial charge in [0.2, 0.25) is 0 Å². The van der Waals surface area contributed by atoms with Crippen molar-refractivity contribution in [1.82, 2.24) is 4.98 Å². The molecule has 0 unspecified atom stereocenters. The van der Waals surface area contributed by atoms with Crippen molar-refractivity contribution in [2.75, 3.05) is 31.2 Å². The number of aromatic nitrogens is 1. The summed E-state index contributed by atoms with van der Waals surface area (Å²) in [5, 5.41) is 10.6. The molecular weight excluding hydrogens is 370 g/mol. The molecule has 0 atom stereocenters. The second kappa shape index (κ2) is 8.02. The molecular formula is C23H20ClN3O. The monoisotopic (exact) mass is 389 g/mol. The second-order valence-electron chi connectivity index (χ2n) is 6.81. The van der Waals surface area contributed by atoms with E-state index < -0.39 is 0 Å². The molecule has 0 radical (unpaired) electrons. The van der Waals surface area contributed by atoms with Gasteiger partial charge in [-0.05, 0) is 19.1 Å². The number of ether oxygens (including phenoxy) is 1. The fourth-order valence-corrected chi connectivity index (χ4v) is 3.65. The van der Waals surface area contributed by atoms with Gasteiger partial charge in [-0.2, -0.15) is 5.26 Å². The minimum atomic E-state index is 0.547. The highest BCUT2D eigenvalue weighted by Crippen LogP contribution is 2.37. The first-order valence-corrected chi connectivity index (χ1v) is 9.65. The lowest BCUT2D eigenvalue weighted by Crippen LogP contribution is -2.37. The molecule has 4 nitrogen and oxygen atoms in total. The van der Waals surface area contributed by atoms with Crippen molar-refractivity contribution in [2.24, 2.45) is 0 Å². The molecule has 2 heterocycles. The van der Waals surface area contributed by atoms with Gasteiger partial charge in [0.15, 0.2) is 0 Å². The maximum atomic E-state index is 9.99. The van der Waals surface area contributed by atoms with Crippen molar-refractivity contribution in [3.8, 4) is 28.5 Å². The van der Waals surface area contributed by atoms with E-state index >= 15 is 0 Å². The van der Waals surface area contributed by atoms with E-state index in [2.05, 4.69) is 42.2 Å². The summed E-state index contributed by atoms with van der Waals surface area (Å²) in [4.78, 5) is 7.01. The first-order chi connectivity index (χ1) is 13.7. The maximum Gasteiger partial charge on any atom is 0.148 e. The molecule has 4 rings (SSSR count). The van der Waals surface area contributed by atoms with Crippen LogP contribution in [0, 0.1) is 18.3 Å². The molecule has 1 fully saturated rings. The van der Waals surface area contributed by atoms with E-state index in [9.17, 15) is 5.26 Å². The van der Waals surface area contributed by atoms with Crippen molar-refractivity contribution in [1.29, 1.82) is 5.26 Å². The zero-order chi connectivity index (χ0) is 19.5. The third-order valence-electron chi connectivity index (χ3n) is 4.93. The Labute approximate surface area is 170 Å². The SMILES string of the molecule is Cc1ccc(-c2cc(-c3ccccc3Cl)c(C#N)c(N3CCOCC3)n2)cc1. The van der Waals surface area contributed by atoms with Crippen molar-refractivity contribution in [3.05, 3.63) is 70.7 Å². The molecule has 28 heavy (non-hydrogen) atoms. The van der Waals surface area contributed by atoms with Crippen LogP contribution in [0.1, 0.15) is 11.1 Å². The van der Waals surface area contributed by atoms with Crippen molar-refractivity contribution in [2.45, 2.75) is 6.92 Å². The van der Waals surface area contributed by atoms with E-state index in [4.69, 9.17) is 21.3 Å². The Balaban J connectivity index is 1.95. The van der Waals surface area contributed by atoms with E-state index in [0.29, 0.717) is 42.7 Å². The number of nitriles is 1. The average molecular weight is 390 g/mol. The average Bonchev–Trinajstić information content (AvgIpc) is 2.74. The summed E-state index contributed by atoms with van der Waals surface area (Å²) in [5.41, 5.74) is 5.22. The van der Waals surface area contributed by atoms with Crippen molar-refractivity contribution >= 4 is 17.4 Å². The molecule has 140 valence electrons. The molecule has 0 N–H and O–H groups in total. The van der Waals surface area contributed by atoms with Gasteiger partial charge in [0.1, 0.15) is 17.5 Å². The Kier molecular flexibility index (Phi) is 5.29. The predicted molar refractivity (Wildman–Crippen MR) is 113 cm³/mol. The van der Waals surface area contributed by atoms with Gasteiger partial charge in [-0.3, -0.25) is 0 Å². The van der Waals surface area contributed by atoms with Crippen molar-refractivity contribution in [3.63, 3.8) is 0 Å². The van der Waals surface area contributed by atoms with Crippen LogP contribution in [0.4, 0.5) is 5.82 Å². The Bertz CT molecular complexity index is 1030. The van der Waals surface area contributed by atoms with Gasteiger partial charge in [0, 0.05) is 34.8 Å². The molecule has 1 aliphatic rings. The van der Waals surface area contributed by atoms with E-state index in [1.807, 2.05) is 30.3 Å². The number of hydrogen-bond donors (Lipinski definition) is 0. The van der Waals surface area contributed by atoms with Crippen LogP contribution in [0.3, 0.4) is 0 Å². The summed E-state index contributed by atoms with van der Waals surface area (Å²) in [7, 11) is 0. The summed E-state index contributed by atoms with van der Waals surface area (Å²) >= 11 is 6.48. The summed E-state index contributed by atoms with van der Waals surface area (Å²) in [6, 6.07) is 20.2. The molecule has 0 aliphatic carbocycles. The van der Waals surface area contributed by atoms with Gasteiger partial charge < -0.3 is 9.64 Å². The highest BCUT2D eigenvalue weighted by molar-refractivity contribution is 6.33. The number of anilines is 1. The van der Waals surface area contributed by atoms with Crippen LogP contribution in [-0.2, 0) is 4.74 Å². The van der Waals surface area contributed by atoms with Crippen LogP contribution >= 0.6 is 11.6 Å². The minimum Gasteiger partial charge on any atom is -0.378 e. The van der Waals surface area contributed by atoms with Gasteiger partial charge in [-0.1, -0.05) is 59.6 Å². The summed E-state index contributed by atoms with van der Waals surface area (Å²) in [6.07, 6.45) is 0. The molecule has 5 heteroatoms. The molecule has 0 saturated carbocycles. The number of pyridine rings is 1. The number of halogens is 1. The molecule has 0 bridgehead atoms. The van der Waals surface area contributed by atoms with Gasteiger partial charge in [0.25, 0.3) is 0 Å². The highest BCUT2D eigenvalue weighted by Gasteiger charge is 2.22. The summed E-state index contributed by atoms with van der Waals surface area (Å²) < 4.78 is 5.48. The number of nitrogens with zero attached hydrogens (tertiary/aromatic N) is 3. The zero-order valence-electron chi connectivity index (χ0n) is 15.7. The maximum absolute atomic E-state index is 9.99. The van der Waals surface area contributed by atoms with Gasteiger partial charge in [0.05, 0.1) is 18.9 Å². The first kappa shape index (κ1) is 18.5. The van der Waals surface area contributed by atoms with E-state index in [0.717, 1.165) is 22.4 Å². The third kappa shape index (κ3) is 3.60. The summed E-state index contributed by atoms with van der Waals surface area (Å²) in [5.74, 6) is 0.693. The molecule has 2 aromatic carbocycles. The fourth-order valence-electron chi connectivity index (χ4n) is 3.41. The topological polar surface area (TPSA) is 49.2 Å². The first-order valence-electron chi connectivity index (χ1n) is 9.27. The number of rotatable bonds is 3. The van der Waals surface area contributed by atoms with E-state index in [-0.39, 0.29) is 0 Å². The van der Waals surface area contributed by atoms with Crippen LogP contribution in [-0.4, -0.2) is 31.3 Å². The molecule has 1 aliphatic heterocycles. The number of morpholine rings is 1. The predicted octanol–water partition coefficient (Wildman–Crippen LogP) is 5.09. The largest absolute Gasteiger partial charge is 0.378 e. The van der Waals surface area contributed by atoms with E-state index in [1.54, 1.807) is 0 Å². The number of aryl methyl sites for hydroxylation is 1. The zero-order valence-corrected chi connectivity index (χ0v) is 16.4.